The first-order chi connectivity index (χ1) is 13.5. The molecule has 2 aromatic heterocycles. The predicted octanol–water partition coefficient (Wildman–Crippen LogP) is 2.48. The molecule has 0 amide bonds. The van der Waals surface area contributed by atoms with Gasteiger partial charge in [0, 0.05) is 36.0 Å². The second kappa shape index (κ2) is 8.81. The maximum atomic E-state index is 10.1. The number of hydrogen-bond donors (Lipinski definition) is 3. The van der Waals surface area contributed by atoms with Crippen LogP contribution in [-0.2, 0) is 4.74 Å². The summed E-state index contributed by atoms with van der Waals surface area (Å²) in [5.41, 5.74) is 8.76. The molecule has 148 valence electrons. The van der Waals surface area contributed by atoms with Crippen LogP contribution in [-0.4, -0.2) is 51.4 Å². The zero-order chi connectivity index (χ0) is 20.1. The van der Waals surface area contributed by atoms with E-state index in [1.54, 1.807) is 24.4 Å². The lowest BCUT2D eigenvalue weighted by Crippen LogP contribution is -2.34. The van der Waals surface area contributed by atoms with Crippen LogP contribution in [0.2, 0.25) is 0 Å². The van der Waals surface area contributed by atoms with E-state index in [0.29, 0.717) is 29.2 Å². The molecule has 8 heteroatoms. The van der Waals surface area contributed by atoms with Gasteiger partial charge in [-0.25, -0.2) is 0 Å². The summed E-state index contributed by atoms with van der Waals surface area (Å²) in [5, 5.41) is 25.9. The lowest BCUT2D eigenvalue weighted by atomic mass is 10.1. The predicted molar refractivity (Wildman–Crippen MR) is 109 cm³/mol. The minimum atomic E-state index is -0.00695. The molecule has 1 aromatic carbocycles. The summed E-state index contributed by atoms with van der Waals surface area (Å²) >= 11 is 0. The summed E-state index contributed by atoms with van der Waals surface area (Å²) in [6.45, 7) is 5.40. The smallest absolute Gasteiger partial charge is 0.154 e. The van der Waals surface area contributed by atoms with Crippen molar-refractivity contribution in [3.05, 3.63) is 42.7 Å². The van der Waals surface area contributed by atoms with Gasteiger partial charge in [0.1, 0.15) is 5.75 Å². The number of nitrogen functional groups attached to an aromatic ring is 1. The van der Waals surface area contributed by atoms with E-state index in [4.69, 9.17) is 10.5 Å². The van der Waals surface area contributed by atoms with Gasteiger partial charge in [0.2, 0.25) is 0 Å². The number of likely N-dealkylation sites (N-methyl/N-ethyl adjacent to an activating group) is 1. The topological polar surface area (TPSA) is 111 Å². The monoisotopic (exact) mass is 382 g/mol. The molecule has 3 rings (SSSR count). The van der Waals surface area contributed by atoms with Crippen LogP contribution in [0.1, 0.15) is 19.9 Å². The van der Waals surface area contributed by atoms with Crippen molar-refractivity contribution in [1.82, 2.24) is 25.3 Å². The molecule has 0 spiro atoms. The van der Waals surface area contributed by atoms with E-state index in [1.165, 1.54) is 0 Å². The summed E-state index contributed by atoms with van der Waals surface area (Å²) in [7, 11) is 1.90. The van der Waals surface area contributed by atoms with Crippen molar-refractivity contribution in [1.29, 1.82) is 0 Å². The fraction of sp³-hybridized carbons (Fsp3) is 0.350. The van der Waals surface area contributed by atoms with Gasteiger partial charge in [0.15, 0.2) is 5.82 Å². The van der Waals surface area contributed by atoms with E-state index in [1.807, 2.05) is 37.0 Å². The van der Waals surface area contributed by atoms with E-state index < -0.39 is 0 Å². The highest BCUT2D eigenvalue weighted by Crippen LogP contribution is 2.32. The van der Waals surface area contributed by atoms with Gasteiger partial charge in [-0.15, -0.1) is 10.2 Å². The van der Waals surface area contributed by atoms with Crippen LogP contribution in [0.4, 0.5) is 5.82 Å². The zero-order valence-electron chi connectivity index (χ0n) is 16.3. The van der Waals surface area contributed by atoms with Gasteiger partial charge in [-0.05, 0) is 39.1 Å². The summed E-state index contributed by atoms with van der Waals surface area (Å²) < 4.78 is 7.70. The Labute approximate surface area is 164 Å². The fourth-order valence-corrected chi connectivity index (χ4v) is 3.11. The van der Waals surface area contributed by atoms with Gasteiger partial charge in [-0.2, -0.15) is 5.10 Å². The van der Waals surface area contributed by atoms with Crippen LogP contribution in [0, 0.1) is 0 Å². The second-order valence-corrected chi connectivity index (χ2v) is 6.55. The highest BCUT2D eigenvalue weighted by molar-refractivity contribution is 5.78. The molecule has 0 radical (unpaired) electrons. The molecule has 0 aliphatic carbocycles. The Hall–Kier alpha value is -2.97. The maximum absolute atomic E-state index is 10.1. The number of para-hydroxylation sites is 1. The molecule has 2 heterocycles. The lowest BCUT2D eigenvalue weighted by molar-refractivity contribution is 0.0275. The number of phenolic OH excluding ortho intramolecular Hbond substituents is 1. The van der Waals surface area contributed by atoms with Gasteiger partial charge < -0.3 is 20.9 Å². The van der Waals surface area contributed by atoms with Crippen LogP contribution in [0.25, 0.3) is 22.4 Å². The molecule has 1 unspecified atom stereocenters. The Morgan fingerprint density at radius 3 is 2.75 bits per heavy atom. The van der Waals surface area contributed by atoms with Crippen LogP contribution in [0.15, 0.2) is 42.7 Å². The highest BCUT2D eigenvalue weighted by atomic mass is 16.5. The highest BCUT2D eigenvalue weighted by Gasteiger charge is 2.20. The van der Waals surface area contributed by atoms with Crippen LogP contribution in [0.5, 0.6) is 5.75 Å². The van der Waals surface area contributed by atoms with Crippen molar-refractivity contribution in [3.8, 4) is 28.1 Å². The normalized spacial score (nSPS) is 13.4. The number of phenols is 1. The van der Waals surface area contributed by atoms with E-state index in [2.05, 4.69) is 27.5 Å². The molecule has 3 aromatic rings. The molecule has 8 nitrogen and oxygen atoms in total. The first-order valence-corrected chi connectivity index (χ1v) is 9.27. The third-order valence-corrected chi connectivity index (χ3v) is 4.66. The molecule has 0 saturated heterocycles. The molecular weight excluding hydrogens is 356 g/mol. The fourth-order valence-electron chi connectivity index (χ4n) is 3.11. The summed E-state index contributed by atoms with van der Waals surface area (Å²) in [6.07, 6.45) is 3.67. The number of anilines is 1. The van der Waals surface area contributed by atoms with E-state index in [-0.39, 0.29) is 17.9 Å². The number of rotatable bonds is 8. The first-order valence-electron chi connectivity index (χ1n) is 9.27. The van der Waals surface area contributed by atoms with Crippen molar-refractivity contribution in [2.24, 2.45) is 0 Å². The van der Waals surface area contributed by atoms with E-state index in [9.17, 15) is 5.11 Å². The number of benzene rings is 1. The van der Waals surface area contributed by atoms with Crippen LogP contribution < -0.4 is 11.1 Å². The SMILES string of the molecule is CCO[C@@H](CNC)C(C)n1cc(-c2cc(-c3ccccc3O)nnc2N)cn1. The van der Waals surface area contributed by atoms with Gasteiger partial charge in [0.05, 0.1) is 24.0 Å². The average molecular weight is 382 g/mol. The Bertz CT molecular complexity index is 921. The van der Waals surface area contributed by atoms with Gasteiger partial charge in [0.25, 0.3) is 0 Å². The third-order valence-electron chi connectivity index (χ3n) is 4.66. The largest absolute Gasteiger partial charge is 0.507 e. The second-order valence-electron chi connectivity index (χ2n) is 6.55. The minimum absolute atomic E-state index is 0.00695. The van der Waals surface area contributed by atoms with E-state index >= 15 is 0 Å². The number of nitrogens with two attached hydrogens (primary N) is 1. The summed E-state index contributed by atoms with van der Waals surface area (Å²) in [4.78, 5) is 0. The molecule has 0 fully saturated rings. The molecule has 0 aliphatic heterocycles. The first kappa shape index (κ1) is 19.8. The minimum Gasteiger partial charge on any atom is -0.507 e. The molecule has 2 atom stereocenters. The number of hydrogen-bond acceptors (Lipinski definition) is 7. The number of aromatic hydroxyl groups is 1. The third kappa shape index (κ3) is 4.13. The molecule has 28 heavy (non-hydrogen) atoms. The van der Waals surface area contributed by atoms with Gasteiger partial charge in [-0.3, -0.25) is 4.68 Å². The van der Waals surface area contributed by atoms with Crippen molar-refractivity contribution in [2.45, 2.75) is 26.0 Å². The van der Waals surface area contributed by atoms with Gasteiger partial charge in [-0.1, -0.05) is 12.1 Å². The Balaban J connectivity index is 1.93. The lowest BCUT2D eigenvalue weighted by Gasteiger charge is -2.24. The summed E-state index contributed by atoms with van der Waals surface area (Å²) in [5.74, 6) is 0.450. The van der Waals surface area contributed by atoms with Crippen molar-refractivity contribution in [3.63, 3.8) is 0 Å². The zero-order valence-corrected chi connectivity index (χ0v) is 16.3. The molecule has 0 aliphatic rings. The number of nitrogens with one attached hydrogen (secondary N) is 1. The average Bonchev–Trinajstić information content (AvgIpc) is 3.18. The van der Waals surface area contributed by atoms with Gasteiger partial charge >= 0.3 is 0 Å². The Kier molecular flexibility index (Phi) is 6.23. The van der Waals surface area contributed by atoms with Crippen molar-refractivity contribution < 1.29 is 9.84 Å². The molecule has 0 bridgehead atoms. The summed E-state index contributed by atoms with van der Waals surface area (Å²) in [6, 6.07) is 8.85. The molecule has 4 N–H and O–H groups in total. The quantitative estimate of drug-likeness (QED) is 0.549. The molecule has 0 saturated carbocycles. The van der Waals surface area contributed by atoms with Crippen molar-refractivity contribution >= 4 is 5.82 Å². The number of nitrogens with zero attached hydrogens (tertiary/aromatic N) is 4. The van der Waals surface area contributed by atoms with Crippen molar-refractivity contribution in [2.75, 3.05) is 25.9 Å². The number of ether oxygens (including phenoxy) is 1. The Morgan fingerprint density at radius 1 is 1.25 bits per heavy atom. The number of aromatic nitrogens is 4. The van der Waals surface area contributed by atoms with E-state index in [0.717, 1.165) is 12.1 Å². The molecular formula is C20H26N6O2. The maximum Gasteiger partial charge on any atom is 0.154 e. The Morgan fingerprint density at radius 2 is 2.04 bits per heavy atom. The standard InChI is InChI=1S/C20H26N6O2/c1-4-28-19(11-22-3)13(2)26-12-14(10-23-26)16-9-17(24-25-20(16)21)15-7-5-6-8-18(15)27/h5-10,12-13,19,22,27H,4,11H2,1-3H3,(H2,21,25)/t13?,19-/m0/s1. The van der Waals surface area contributed by atoms with Crippen LogP contribution in [0.3, 0.4) is 0 Å². The van der Waals surface area contributed by atoms with Crippen LogP contribution >= 0.6 is 0 Å².